The first-order chi connectivity index (χ1) is 18.0. The molecule has 0 saturated carbocycles. The minimum Gasteiger partial charge on any atom is -0.745 e. The minimum absolute atomic E-state index is 0. The summed E-state index contributed by atoms with van der Waals surface area (Å²) >= 11 is 0. The van der Waals surface area contributed by atoms with Crippen LogP contribution < -0.4 is 39.8 Å². The molecule has 2 aromatic carbocycles. The first-order valence-corrected chi connectivity index (χ1v) is 16.0. The van der Waals surface area contributed by atoms with Crippen LogP contribution in [0.1, 0.15) is 115 Å². The van der Waals surface area contributed by atoms with Gasteiger partial charge in [0.1, 0.15) is 10.1 Å². The smallest absolute Gasteiger partial charge is 0.745 e. The van der Waals surface area contributed by atoms with E-state index in [1.807, 2.05) is 54.6 Å². The van der Waals surface area contributed by atoms with Crippen LogP contribution in [0.4, 0.5) is 11.4 Å². The average Bonchev–Trinajstić information content (AvgIpc) is 3.21. The van der Waals surface area contributed by atoms with Crippen molar-refractivity contribution in [3.8, 4) is 0 Å². The van der Waals surface area contributed by atoms with Gasteiger partial charge < -0.3 is 14.8 Å². The molecule has 38 heavy (non-hydrogen) atoms. The van der Waals surface area contributed by atoms with Gasteiger partial charge in [0.2, 0.25) is 4.99 Å². The zero-order valence-electron chi connectivity index (χ0n) is 23.8. The molecule has 1 aliphatic rings. The van der Waals surface area contributed by atoms with Crippen LogP contribution in [-0.4, -0.2) is 18.0 Å². The van der Waals surface area contributed by atoms with Gasteiger partial charge in [0.05, 0.1) is 11.4 Å². The summed E-state index contributed by atoms with van der Waals surface area (Å²) in [7, 11) is -4.66. The van der Waals surface area contributed by atoms with Crippen molar-refractivity contribution in [2.24, 2.45) is 0 Å². The van der Waals surface area contributed by atoms with Crippen LogP contribution in [0.25, 0.3) is 0 Å². The number of hydrogen-bond acceptors (Lipinski definition) is 5. The normalized spacial score (nSPS) is 16.6. The van der Waals surface area contributed by atoms with Gasteiger partial charge in [-0.2, -0.15) is 0 Å². The van der Waals surface area contributed by atoms with Crippen LogP contribution >= 0.6 is 0 Å². The second-order valence-electron chi connectivity index (χ2n) is 10.7. The van der Waals surface area contributed by atoms with E-state index in [-0.39, 0.29) is 36.0 Å². The summed E-state index contributed by atoms with van der Waals surface area (Å²) < 4.78 is 38.2. The molecule has 7 heteroatoms. The molecule has 5 nitrogen and oxygen atoms in total. The van der Waals surface area contributed by atoms with Gasteiger partial charge in [-0.05, 0) is 24.1 Å². The van der Waals surface area contributed by atoms with Crippen molar-refractivity contribution in [2.45, 2.75) is 121 Å². The zero-order chi connectivity index (χ0) is 26.4. The van der Waals surface area contributed by atoms with E-state index in [4.69, 9.17) is 0 Å². The largest absolute Gasteiger partial charge is 1.00 e. The van der Waals surface area contributed by atoms with E-state index in [2.05, 4.69) is 12.2 Å². The molecular formula is C31H47N2NaO3S. The second-order valence-corrected chi connectivity index (χ2v) is 12.2. The molecule has 1 heterocycles. The number of nitrogens with one attached hydrogen (secondary N) is 1. The van der Waals surface area contributed by atoms with Crippen molar-refractivity contribution < 1.29 is 42.5 Å². The van der Waals surface area contributed by atoms with Gasteiger partial charge in [0.25, 0.3) is 0 Å². The topological polar surface area (TPSA) is 72.5 Å². The number of hydrogen-bond donors (Lipinski definition) is 1. The third-order valence-electron chi connectivity index (χ3n) is 7.68. The van der Waals surface area contributed by atoms with Crippen LogP contribution in [0.5, 0.6) is 0 Å². The predicted octanol–water partition coefficient (Wildman–Crippen LogP) is 5.58. The van der Waals surface area contributed by atoms with Gasteiger partial charge >= 0.3 is 29.6 Å². The van der Waals surface area contributed by atoms with Crippen molar-refractivity contribution in [2.75, 3.05) is 10.2 Å². The van der Waals surface area contributed by atoms with Gasteiger partial charge in [-0.25, -0.2) is 8.42 Å². The molecule has 0 fully saturated rings. The van der Waals surface area contributed by atoms with Crippen LogP contribution in [0.15, 0.2) is 54.6 Å². The number of anilines is 2. The molecule has 0 amide bonds. The summed E-state index contributed by atoms with van der Waals surface area (Å²) in [4.78, 5) is 0.118. The summed E-state index contributed by atoms with van der Waals surface area (Å²) in [5, 5.41) is 3.13. The minimum atomic E-state index is -4.66. The fourth-order valence-electron chi connectivity index (χ4n) is 5.52. The molecule has 1 aliphatic heterocycles. The van der Waals surface area contributed by atoms with Gasteiger partial charge in [0.15, 0.2) is 0 Å². The first-order valence-electron chi connectivity index (χ1n) is 14.6. The fourth-order valence-corrected chi connectivity index (χ4v) is 6.58. The Labute approximate surface area is 254 Å². The fraction of sp³-hybridized carbons (Fsp3) is 0.613. The van der Waals surface area contributed by atoms with Crippen molar-refractivity contribution in [1.82, 2.24) is 0 Å². The van der Waals surface area contributed by atoms with E-state index >= 15 is 0 Å². The number of para-hydroxylation sites is 2. The molecule has 0 aliphatic carbocycles. The van der Waals surface area contributed by atoms with Gasteiger partial charge in [-0.1, -0.05) is 139 Å². The zero-order valence-corrected chi connectivity index (χ0v) is 26.6. The Morgan fingerprint density at radius 3 is 1.71 bits per heavy atom. The summed E-state index contributed by atoms with van der Waals surface area (Å²) in [6, 6.07) is 17.3. The maximum Gasteiger partial charge on any atom is 1.00 e. The molecule has 0 spiro atoms. The maximum absolute atomic E-state index is 12.7. The Morgan fingerprint density at radius 2 is 1.18 bits per heavy atom. The van der Waals surface area contributed by atoms with E-state index in [0.717, 1.165) is 24.1 Å². The summed E-state index contributed by atoms with van der Waals surface area (Å²) in [6.45, 7) is 2.63. The first kappa shape index (κ1) is 33.2. The van der Waals surface area contributed by atoms with Gasteiger partial charge in [-0.15, -0.1) is 0 Å². The Kier molecular flexibility index (Phi) is 15.4. The van der Waals surface area contributed by atoms with Crippen LogP contribution in [0.3, 0.4) is 0 Å². The average molecular weight is 551 g/mol. The number of fused-ring (bicyclic) bond motifs is 1. The Morgan fingerprint density at radius 1 is 0.711 bits per heavy atom. The molecule has 0 saturated heterocycles. The second kappa shape index (κ2) is 17.6. The van der Waals surface area contributed by atoms with Gasteiger partial charge in [-0.3, -0.25) is 0 Å². The van der Waals surface area contributed by atoms with E-state index in [1.165, 1.54) is 77.0 Å². The maximum atomic E-state index is 12.7. The Bertz CT molecular complexity index is 1020. The Balaban J connectivity index is 0.00000507. The van der Waals surface area contributed by atoms with Crippen LogP contribution in [-0.2, 0) is 16.7 Å². The van der Waals surface area contributed by atoms with Crippen LogP contribution in [0.2, 0.25) is 0 Å². The molecular weight excluding hydrogens is 503 g/mol. The van der Waals surface area contributed by atoms with Gasteiger partial charge in [0, 0.05) is 13.0 Å². The van der Waals surface area contributed by atoms with E-state index < -0.39 is 15.1 Å². The van der Waals surface area contributed by atoms with Crippen molar-refractivity contribution >= 4 is 21.5 Å². The standard InChI is InChI=1S/C31H48N2O3S.Na/c1-2-3-4-5-6-7-8-9-10-11-12-13-14-15-21-26-31(37(34,35)36)32-29-24-19-20-25-30(29)33(31)27-28-22-17-16-18-23-28;/h16-20,22-25,32H,2-15,21,26-27H2,1H3,(H,34,35,36);/q;+1/p-1. The molecule has 206 valence electrons. The third-order valence-corrected chi connectivity index (χ3v) is 9.03. The van der Waals surface area contributed by atoms with E-state index in [1.54, 1.807) is 4.90 Å². The van der Waals surface area contributed by atoms with Crippen molar-refractivity contribution in [3.63, 3.8) is 0 Å². The van der Waals surface area contributed by atoms with E-state index in [0.29, 0.717) is 18.7 Å². The molecule has 1 atom stereocenters. The third kappa shape index (κ3) is 9.85. The molecule has 3 rings (SSSR count). The summed E-state index contributed by atoms with van der Waals surface area (Å²) in [6.07, 6.45) is 19.0. The van der Waals surface area contributed by atoms with Crippen LogP contribution in [0, 0.1) is 0 Å². The van der Waals surface area contributed by atoms with Crippen molar-refractivity contribution in [1.29, 1.82) is 0 Å². The molecule has 0 bridgehead atoms. The number of unbranched alkanes of at least 4 members (excludes halogenated alkanes) is 14. The summed E-state index contributed by atoms with van der Waals surface area (Å²) in [5.41, 5.74) is 2.45. The molecule has 1 unspecified atom stereocenters. The Hall–Kier alpha value is -1.05. The predicted molar refractivity (Wildman–Crippen MR) is 155 cm³/mol. The molecule has 0 aromatic heterocycles. The summed E-state index contributed by atoms with van der Waals surface area (Å²) in [5.74, 6) is 0. The van der Waals surface area contributed by atoms with Crippen molar-refractivity contribution in [3.05, 3.63) is 60.2 Å². The van der Waals surface area contributed by atoms with E-state index in [9.17, 15) is 13.0 Å². The number of benzene rings is 2. The quantitative estimate of drug-likeness (QED) is 0.140. The monoisotopic (exact) mass is 550 g/mol. The molecule has 1 N–H and O–H groups in total. The number of rotatable bonds is 19. The molecule has 0 radical (unpaired) electrons. The number of nitrogens with zero attached hydrogens (tertiary/aromatic N) is 1. The SMILES string of the molecule is CCCCCCCCCCCCCCCCCC1(S(=O)(=O)[O-])Nc2ccccc2N1Cc1ccccc1.[Na+]. The molecule has 2 aromatic rings.